The molecule has 2 rings (SSSR count). The molecule has 0 saturated heterocycles. The topological polar surface area (TPSA) is 51.1 Å². The Hall–Kier alpha value is -2.57. The van der Waals surface area contributed by atoms with Crippen molar-refractivity contribution >= 4 is 11.6 Å². The van der Waals surface area contributed by atoms with E-state index in [2.05, 4.69) is 5.32 Å². The van der Waals surface area contributed by atoms with Gasteiger partial charge in [-0.1, -0.05) is 6.07 Å². The van der Waals surface area contributed by atoms with Crippen LogP contribution in [0.3, 0.4) is 0 Å². The van der Waals surface area contributed by atoms with Gasteiger partial charge in [-0.05, 0) is 24.3 Å². The van der Waals surface area contributed by atoms with E-state index in [1.807, 2.05) is 0 Å². The minimum absolute atomic E-state index is 0.00972. The molecule has 0 fully saturated rings. The molecule has 0 aliphatic heterocycles. The van der Waals surface area contributed by atoms with Gasteiger partial charge < -0.3 is 9.88 Å². The number of alkyl halides is 3. The first-order valence-corrected chi connectivity index (χ1v) is 5.92. The SMILES string of the molecule is Cn1ccc(C(=O)Nc2cccc(C(F)(F)F)c2)cc1=O. The Balaban J connectivity index is 2.23. The first-order valence-electron chi connectivity index (χ1n) is 5.92. The molecule has 0 aliphatic carbocycles. The summed E-state index contributed by atoms with van der Waals surface area (Å²) in [5.74, 6) is -0.646. The second-order valence-electron chi connectivity index (χ2n) is 4.40. The van der Waals surface area contributed by atoms with Gasteiger partial charge in [-0.15, -0.1) is 0 Å². The van der Waals surface area contributed by atoms with Crippen molar-refractivity contribution in [1.82, 2.24) is 4.57 Å². The zero-order valence-corrected chi connectivity index (χ0v) is 10.9. The van der Waals surface area contributed by atoms with E-state index in [0.29, 0.717) is 0 Å². The molecule has 0 bridgehead atoms. The zero-order chi connectivity index (χ0) is 15.6. The van der Waals surface area contributed by atoms with Gasteiger partial charge in [-0.3, -0.25) is 9.59 Å². The monoisotopic (exact) mass is 296 g/mol. The van der Waals surface area contributed by atoms with E-state index in [0.717, 1.165) is 18.2 Å². The Morgan fingerprint density at radius 3 is 2.52 bits per heavy atom. The number of hydrogen-bond acceptors (Lipinski definition) is 2. The fourth-order valence-corrected chi connectivity index (χ4v) is 1.67. The van der Waals surface area contributed by atoms with Crippen LogP contribution in [0.15, 0.2) is 47.4 Å². The van der Waals surface area contributed by atoms with Crippen LogP contribution in [-0.2, 0) is 13.2 Å². The maximum Gasteiger partial charge on any atom is 0.416 e. The molecule has 0 unspecified atom stereocenters. The predicted molar refractivity (Wildman–Crippen MR) is 71.1 cm³/mol. The van der Waals surface area contributed by atoms with Gasteiger partial charge in [0, 0.05) is 30.6 Å². The van der Waals surface area contributed by atoms with Crippen molar-refractivity contribution < 1.29 is 18.0 Å². The van der Waals surface area contributed by atoms with E-state index >= 15 is 0 Å². The number of nitrogens with zero attached hydrogens (tertiary/aromatic N) is 1. The summed E-state index contributed by atoms with van der Waals surface area (Å²) in [4.78, 5) is 23.3. The summed E-state index contributed by atoms with van der Waals surface area (Å²) in [6.45, 7) is 0. The van der Waals surface area contributed by atoms with E-state index in [-0.39, 0.29) is 16.8 Å². The van der Waals surface area contributed by atoms with Gasteiger partial charge in [-0.25, -0.2) is 0 Å². The average Bonchev–Trinajstić information content (AvgIpc) is 2.41. The number of rotatable bonds is 2. The maximum atomic E-state index is 12.6. The molecule has 0 atom stereocenters. The van der Waals surface area contributed by atoms with Crippen molar-refractivity contribution in [3.63, 3.8) is 0 Å². The maximum absolute atomic E-state index is 12.6. The molecular formula is C14H11F3N2O2. The van der Waals surface area contributed by atoms with Crippen LogP contribution in [-0.4, -0.2) is 10.5 Å². The predicted octanol–water partition coefficient (Wildman–Crippen LogP) is 2.66. The largest absolute Gasteiger partial charge is 0.416 e. The third kappa shape index (κ3) is 3.50. The number of aromatic nitrogens is 1. The number of benzene rings is 1. The van der Waals surface area contributed by atoms with Crippen LogP contribution >= 0.6 is 0 Å². The highest BCUT2D eigenvalue weighted by molar-refractivity contribution is 6.04. The van der Waals surface area contributed by atoms with Crippen LogP contribution in [0.4, 0.5) is 18.9 Å². The minimum Gasteiger partial charge on any atom is -0.322 e. The molecule has 7 heteroatoms. The Kier molecular flexibility index (Phi) is 3.84. The number of pyridine rings is 1. The third-order valence-electron chi connectivity index (χ3n) is 2.81. The van der Waals surface area contributed by atoms with Crippen LogP contribution < -0.4 is 10.9 Å². The molecule has 1 aromatic heterocycles. The summed E-state index contributed by atoms with van der Waals surface area (Å²) in [5.41, 5.74) is -1.15. The molecule has 21 heavy (non-hydrogen) atoms. The first kappa shape index (κ1) is 14.8. The van der Waals surface area contributed by atoms with Crippen molar-refractivity contribution in [2.75, 3.05) is 5.32 Å². The van der Waals surface area contributed by atoms with Crippen LogP contribution in [0, 0.1) is 0 Å². The highest BCUT2D eigenvalue weighted by Gasteiger charge is 2.30. The van der Waals surface area contributed by atoms with Gasteiger partial charge in [0.15, 0.2) is 0 Å². The highest BCUT2D eigenvalue weighted by Crippen LogP contribution is 2.30. The number of halogens is 3. The number of carbonyl (C=O) groups excluding carboxylic acids is 1. The molecule has 2 aromatic rings. The lowest BCUT2D eigenvalue weighted by molar-refractivity contribution is -0.137. The number of amides is 1. The Labute approximate surface area is 117 Å². The Morgan fingerprint density at radius 2 is 1.90 bits per heavy atom. The summed E-state index contributed by atoms with van der Waals surface area (Å²) in [6.07, 6.45) is -3.08. The lowest BCUT2D eigenvalue weighted by atomic mass is 10.2. The fourth-order valence-electron chi connectivity index (χ4n) is 1.67. The van der Waals surface area contributed by atoms with E-state index < -0.39 is 17.6 Å². The molecule has 4 nitrogen and oxygen atoms in total. The van der Waals surface area contributed by atoms with E-state index in [4.69, 9.17) is 0 Å². The second kappa shape index (κ2) is 5.43. The molecule has 1 N–H and O–H groups in total. The van der Waals surface area contributed by atoms with Crippen molar-refractivity contribution in [1.29, 1.82) is 0 Å². The molecule has 0 radical (unpaired) electrons. The van der Waals surface area contributed by atoms with Crippen LogP contribution in [0.25, 0.3) is 0 Å². The third-order valence-corrected chi connectivity index (χ3v) is 2.81. The first-order chi connectivity index (χ1) is 9.77. The highest BCUT2D eigenvalue weighted by atomic mass is 19.4. The molecule has 0 saturated carbocycles. The summed E-state index contributed by atoms with van der Waals surface area (Å²) in [5, 5.41) is 2.33. The summed E-state index contributed by atoms with van der Waals surface area (Å²) in [6, 6.07) is 6.80. The number of hydrogen-bond donors (Lipinski definition) is 1. The molecule has 1 amide bonds. The smallest absolute Gasteiger partial charge is 0.322 e. The number of anilines is 1. The lowest BCUT2D eigenvalue weighted by Gasteiger charge is -2.10. The van der Waals surface area contributed by atoms with Crippen molar-refractivity contribution in [2.24, 2.45) is 7.05 Å². The van der Waals surface area contributed by atoms with Gasteiger partial charge >= 0.3 is 6.18 Å². The molecule has 1 aromatic carbocycles. The quantitative estimate of drug-likeness (QED) is 0.926. The normalized spacial score (nSPS) is 11.2. The standard InChI is InChI=1S/C14H11F3N2O2/c1-19-6-5-9(7-12(19)20)13(21)18-11-4-2-3-10(8-11)14(15,16)17/h2-8H,1H3,(H,18,21). The van der Waals surface area contributed by atoms with Gasteiger partial charge in [0.25, 0.3) is 11.5 Å². The fraction of sp³-hybridized carbons (Fsp3) is 0.143. The Morgan fingerprint density at radius 1 is 1.19 bits per heavy atom. The van der Waals surface area contributed by atoms with Gasteiger partial charge in [-0.2, -0.15) is 13.2 Å². The summed E-state index contributed by atoms with van der Waals surface area (Å²) >= 11 is 0. The van der Waals surface area contributed by atoms with Gasteiger partial charge in [0.1, 0.15) is 0 Å². The van der Waals surface area contributed by atoms with E-state index in [9.17, 15) is 22.8 Å². The average molecular weight is 296 g/mol. The molecule has 0 aliphatic rings. The molecule has 1 heterocycles. The van der Waals surface area contributed by atoms with Crippen LogP contribution in [0.5, 0.6) is 0 Å². The van der Waals surface area contributed by atoms with Crippen molar-refractivity contribution in [3.05, 3.63) is 64.1 Å². The number of carbonyl (C=O) groups is 1. The van der Waals surface area contributed by atoms with Crippen LogP contribution in [0.2, 0.25) is 0 Å². The molecule has 0 spiro atoms. The van der Waals surface area contributed by atoms with E-state index in [1.165, 1.54) is 36.0 Å². The van der Waals surface area contributed by atoms with E-state index in [1.54, 1.807) is 0 Å². The summed E-state index contributed by atoms with van der Waals surface area (Å²) < 4.78 is 39.0. The molecule has 110 valence electrons. The summed E-state index contributed by atoms with van der Waals surface area (Å²) in [7, 11) is 1.52. The zero-order valence-electron chi connectivity index (χ0n) is 10.9. The number of nitrogens with one attached hydrogen (secondary N) is 1. The van der Waals surface area contributed by atoms with Crippen LogP contribution in [0.1, 0.15) is 15.9 Å². The van der Waals surface area contributed by atoms with Crippen molar-refractivity contribution in [2.45, 2.75) is 6.18 Å². The van der Waals surface area contributed by atoms with Crippen molar-refractivity contribution in [3.8, 4) is 0 Å². The Bertz CT molecular complexity index is 735. The van der Waals surface area contributed by atoms with Gasteiger partial charge in [0.2, 0.25) is 0 Å². The number of aryl methyl sites for hydroxylation is 1. The molecular weight excluding hydrogens is 285 g/mol. The second-order valence-corrected chi connectivity index (χ2v) is 4.40. The minimum atomic E-state index is -4.48. The lowest BCUT2D eigenvalue weighted by Crippen LogP contribution is -2.20. The van der Waals surface area contributed by atoms with Gasteiger partial charge in [0.05, 0.1) is 5.56 Å².